The minimum atomic E-state index is -0.636. The van der Waals surface area contributed by atoms with Crippen molar-refractivity contribution in [2.45, 2.75) is 26.0 Å². The zero-order valence-electron chi connectivity index (χ0n) is 14.4. The molecular weight excluding hydrogens is 308 g/mol. The Bertz CT molecular complexity index is 876. The van der Waals surface area contributed by atoms with Crippen LogP contribution in [0.4, 0.5) is 5.82 Å². The molecule has 0 amide bonds. The third-order valence-electron chi connectivity index (χ3n) is 4.93. The van der Waals surface area contributed by atoms with E-state index in [1.807, 2.05) is 30.3 Å². The monoisotopic (exact) mass is 330 g/mol. The summed E-state index contributed by atoms with van der Waals surface area (Å²) in [7, 11) is 0. The highest BCUT2D eigenvalue weighted by molar-refractivity contribution is 5.51. The summed E-state index contributed by atoms with van der Waals surface area (Å²) >= 11 is 0. The molecule has 3 heteroatoms. The normalized spacial score (nSPS) is 14.9. The lowest BCUT2D eigenvalue weighted by Crippen LogP contribution is -2.31. The molecule has 2 heterocycles. The Kier molecular flexibility index (Phi) is 4.24. The minimum Gasteiger partial charge on any atom is -0.384 e. The Morgan fingerprint density at radius 1 is 0.960 bits per heavy atom. The SMILES string of the molecule is Cc1cc([C@@H](O)c2ccccc2)cnc1N1CCc2ccccc2C1. The smallest absolute Gasteiger partial charge is 0.131 e. The predicted octanol–water partition coefficient (Wildman–Crippen LogP) is 4.03. The molecule has 0 spiro atoms. The Hall–Kier alpha value is -2.65. The van der Waals surface area contributed by atoms with Gasteiger partial charge >= 0.3 is 0 Å². The van der Waals surface area contributed by atoms with Crippen LogP contribution in [-0.2, 0) is 13.0 Å². The predicted molar refractivity (Wildman–Crippen MR) is 101 cm³/mol. The average molecular weight is 330 g/mol. The maximum absolute atomic E-state index is 10.6. The van der Waals surface area contributed by atoms with Gasteiger partial charge in [0.15, 0.2) is 0 Å². The molecule has 126 valence electrons. The zero-order chi connectivity index (χ0) is 17.2. The lowest BCUT2D eigenvalue weighted by molar-refractivity contribution is 0.220. The van der Waals surface area contributed by atoms with Gasteiger partial charge in [-0.15, -0.1) is 0 Å². The molecule has 3 aromatic rings. The number of rotatable bonds is 3. The number of benzene rings is 2. The van der Waals surface area contributed by atoms with Gasteiger partial charge in [-0.1, -0.05) is 54.6 Å². The molecule has 1 aliphatic heterocycles. The molecule has 3 nitrogen and oxygen atoms in total. The highest BCUT2D eigenvalue weighted by atomic mass is 16.3. The Balaban J connectivity index is 1.59. The standard InChI is InChI=1S/C22H22N2O/c1-16-13-20(21(25)18-8-3-2-4-9-18)14-23-22(16)24-12-11-17-7-5-6-10-19(17)15-24/h2-10,13-14,21,25H,11-12,15H2,1H3/t21-/m0/s1. The summed E-state index contributed by atoms with van der Waals surface area (Å²) in [5.41, 5.74) is 5.65. The first kappa shape index (κ1) is 15.9. The third-order valence-corrected chi connectivity index (χ3v) is 4.93. The first-order valence-electron chi connectivity index (χ1n) is 8.73. The molecular formula is C22H22N2O. The van der Waals surface area contributed by atoms with Crippen LogP contribution in [-0.4, -0.2) is 16.6 Å². The first-order chi connectivity index (χ1) is 12.2. The molecule has 0 unspecified atom stereocenters. The van der Waals surface area contributed by atoms with E-state index >= 15 is 0 Å². The van der Waals surface area contributed by atoms with Crippen molar-refractivity contribution in [2.24, 2.45) is 0 Å². The third kappa shape index (κ3) is 3.15. The molecule has 0 fully saturated rings. The summed E-state index contributed by atoms with van der Waals surface area (Å²) in [6, 6.07) is 20.4. The summed E-state index contributed by atoms with van der Waals surface area (Å²) in [6.07, 6.45) is 2.22. The Morgan fingerprint density at radius 3 is 2.44 bits per heavy atom. The average Bonchev–Trinajstić information content (AvgIpc) is 2.67. The van der Waals surface area contributed by atoms with E-state index in [-0.39, 0.29) is 0 Å². The molecule has 0 bridgehead atoms. The van der Waals surface area contributed by atoms with Crippen LogP contribution >= 0.6 is 0 Å². The van der Waals surface area contributed by atoms with Crippen molar-refractivity contribution in [2.75, 3.05) is 11.4 Å². The van der Waals surface area contributed by atoms with Crippen molar-refractivity contribution in [3.63, 3.8) is 0 Å². The quantitative estimate of drug-likeness (QED) is 0.787. The van der Waals surface area contributed by atoms with E-state index in [1.54, 1.807) is 6.20 Å². The summed E-state index contributed by atoms with van der Waals surface area (Å²) < 4.78 is 0. The molecule has 2 aromatic carbocycles. The second-order valence-corrected chi connectivity index (χ2v) is 6.66. The highest BCUT2D eigenvalue weighted by Gasteiger charge is 2.19. The van der Waals surface area contributed by atoms with E-state index in [1.165, 1.54) is 11.1 Å². The number of aliphatic hydroxyl groups excluding tert-OH is 1. The van der Waals surface area contributed by atoms with E-state index in [0.717, 1.165) is 42.0 Å². The number of aromatic nitrogens is 1. The number of nitrogens with zero attached hydrogens (tertiary/aromatic N) is 2. The van der Waals surface area contributed by atoms with E-state index in [0.29, 0.717) is 0 Å². The van der Waals surface area contributed by atoms with Gasteiger partial charge in [0.25, 0.3) is 0 Å². The van der Waals surface area contributed by atoms with Gasteiger partial charge in [-0.2, -0.15) is 0 Å². The fourth-order valence-corrected chi connectivity index (χ4v) is 3.57. The fraction of sp³-hybridized carbons (Fsp3) is 0.227. The molecule has 1 atom stereocenters. The van der Waals surface area contributed by atoms with Crippen LogP contribution < -0.4 is 4.90 Å². The van der Waals surface area contributed by atoms with Crippen LogP contribution in [0.2, 0.25) is 0 Å². The van der Waals surface area contributed by atoms with Gasteiger partial charge in [0.2, 0.25) is 0 Å². The van der Waals surface area contributed by atoms with E-state index in [2.05, 4.69) is 47.1 Å². The van der Waals surface area contributed by atoms with E-state index in [9.17, 15) is 5.11 Å². The van der Waals surface area contributed by atoms with Crippen LogP contribution in [0.5, 0.6) is 0 Å². The van der Waals surface area contributed by atoms with Gasteiger partial charge in [0.05, 0.1) is 0 Å². The molecule has 0 radical (unpaired) electrons. The Labute approximate surface area is 148 Å². The molecule has 1 N–H and O–H groups in total. The topological polar surface area (TPSA) is 36.4 Å². The summed E-state index contributed by atoms with van der Waals surface area (Å²) in [6.45, 7) is 3.94. The summed E-state index contributed by atoms with van der Waals surface area (Å²) in [5.74, 6) is 1.01. The molecule has 0 aliphatic carbocycles. The lowest BCUT2D eigenvalue weighted by Gasteiger charge is -2.31. The molecule has 25 heavy (non-hydrogen) atoms. The number of anilines is 1. The minimum absolute atomic E-state index is 0.636. The van der Waals surface area contributed by atoms with Crippen LogP contribution in [0.1, 0.15) is 33.9 Å². The highest BCUT2D eigenvalue weighted by Crippen LogP contribution is 2.28. The van der Waals surface area contributed by atoms with Gasteiger partial charge in [0.1, 0.15) is 11.9 Å². The van der Waals surface area contributed by atoms with Crippen molar-refractivity contribution in [3.8, 4) is 0 Å². The number of hydrogen-bond donors (Lipinski definition) is 1. The van der Waals surface area contributed by atoms with Crippen molar-refractivity contribution in [1.29, 1.82) is 0 Å². The number of aliphatic hydroxyl groups is 1. The van der Waals surface area contributed by atoms with Crippen molar-refractivity contribution in [3.05, 3.63) is 94.7 Å². The number of fused-ring (bicyclic) bond motifs is 1. The van der Waals surface area contributed by atoms with Crippen molar-refractivity contribution in [1.82, 2.24) is 4.98 Å². The van der Waals surface area contributed by atoms with Crippen molar-refractivity contribution < 1.29 is 5.11 Å². The number of pyridine rings is 1. The van der Waals surface area contributed by atoms with Crippen LogP contribution in [0.25, 0.3) is 0 Å². The zero-order valence-corrected chi connectivity index (χ0v) is 14.4. The second kappa shape index (κ2) is 6.69. The molecule has 1 aromatic heterocycles. The van der Waals surface area contributed by atoms with Gasteiger partial charge < -0.3 is 10.0 Å². The van der Waals surface area contributed by atoms with Gasteiger partial charge in [-0.3, -0.25) is 0 Å². The molecule has 1 aliphatic rings. The second-order valence-electron chi connectivity index (χ2n) is 6.66. The van der Waals surface area contributed by atoms with E-state index in [4.69, 9.17) is 0 Å². The Morgan fingerprint density at radius 2 is 1.68 bits per heavy atom. The maximum Gasteiger partial charge on any atom is 0.131 e. The fourth-order valence-electron chi connectivity index (χ4n) is 3.57. The van der Waals surface area contributed by atoms with E-state index < -0.39 is 6.10 Å². The van der Waals surface area contributed by atoms with Crippen LogP contribution in [0.15, 0.2) is 66.9 Å². The summed E-state index contributed by atoms with van der Waals surface area (Å²) in [4.78, 5) is 7.02. The molecule has 0 saturated heterocycles. The lowest BCUT2D eigenvalue weighted by atomic mass is 9.99. The van der Waals surface area contributed by atoms with Gasteiger partial charge in [-0.25, -0.2) is 4.98 Å². The van der Waals surface area contributed by atoms with Gasteiger partial charge in [-0.05, 0) is 41.7 Å². The van der Waals surface area contributed by atoms with Crippen LogP contribution in [0.3, 0.4) is 0 Å². The van der Waals surface area contributed by atoms with Crippen molar-refractivity contribution >= 4 is 5.82 Å². The molecule has 0 saturated carbocycles. The first-order valence-corrected chi connectivity index (χ1v) is 8.73. The molecule has 4 rings (SSSR count). The number of hydrogen-bond acceptors (Lipinski definition) is 3. The van der Waals surface area contributed by atoms with Crippen LogP contribution in [0, 0.1) is 6.92 Å². The number of aryl methyl sites for hydroxylation is 1. The van der Waals surface area contributed by atoms with Gasteiger partial charge in [0, 0.05) is 24.8 Å². The summed E-state index contributed by atoms with van der Waals surface area (Å²) in [5, 5.41) is 10.6. The largest absolute Gasteiger partial charge is 0.384 e. The maximum atomic E-state index is 10.6.